The van der Waals surface area contributed by atoms with Crippen LogP contribution in [-0.2, 0) is 28.2 Å². The summed E-state index contributed by atoms with van der Waals surface area (Å²) in [5.41, 5.74) is -3.66. The van der Waals surface area contributed by atoms with Crippen molar-refractivity contribution in [2.24, 2.45) is 0 Å². The van der Waals surface area contributed by atoms with E-state index in [1.807, 2.05) is 30.3 Å². The van der Waals surface area contributed by atoms with E-state index in [1.54, 1.807) is 4.57 Å². The molecule has 6 nitrogen and oxygen atoms in total. The number of benzene rings is 2. The molecule has 2 aromatic carbocycles. The number of aliphatic hydroxyl groups is 1. The van der Waals surface area contributed by atoms with Crippen molar-refractivity contribution in [2.45, 2.75) is 49.3 Å². The zero-order valence-electron chi connectivity index (χ0n) is 19.9. The molecular formula is C25H26F6N4O2. The van der Waals surface area contributed by atoms with Crippen LogP contribution in [0.4, 0.5) is 26.3 Å². The summed E-state index contributed by atoms with van der Waals surface area (Å²) in [5.74, 6) is 0. The van der Waals surface area contributed by atoms with Crippen molar-refractivity contribution < 1.29 is 36.2 Å². The van der Waals surface area contributed by atoms with Gasteiger partial charge in [-0.1, -0.05) is 30.3 Å². The molecule has 1 aromatic heterocycles. The van der Waals surface area contributed by atoms with Crippen molar-refractivity contribution in [3.63, 3.8) is 0 Å². The van der Waals surface area contributed by atoms with Gasteiger partial charge >= 0.3 is 12.4 Å². The Morgan fingerprint density at radius 2 is 1.57 bits per heavy atom. The van der Waals surface area contributed by atoms with Crippen molar-refractivity contribution >= 4 is 0 Å². The second kappa shape index (κ2) is 10.1. The fourth-order valence-electron chi connectivity index (χ4n) is 4.63. The highest BCUT2D eigenvalue weighted by Crippen LogP contribution is 2.40. The SMILES string of the molecule is C[C@@H](OC[C@@]1(c2ccccc2)CC[C@](CO)(n2cnnc2)CN1)c1cc(C(F)(F)F)cc(C(F)(F)F)c1. The Labute approximate surface area is 209 Å². The monoisotopic (exact) mass is 528 g/mol. The van der Waals surface area contributed by atoms with E-state index in [9.17, 15) is 31.4 Å². The van der Waals surface area contributed by atoms with Crippen LogP contribution in [0.15, 0.2) is 61.2 Å². The second-order valence-corrected chi connectivity index (χ2v) is 9.35. The van der Waals surface area contributed by atoms with Crippen molar-refractivity contribution in [3.8, 4) is 0 Å². The molecule has 3 aromatic rings. The summed E-state index contributed by atoms with van der Waals surface area (Å²) >= 11 is 0. The lowest BCUT2D eigenvalue weighted by Gasteiger charge is -2.47. The summed E-state index contributed by atoms with van der Waals surface area (Å²) in [6.45, 7) is 1.51. The molecule has 0 aliphatic carbocycles. The fourth-order valence-corrected chi connectivity index (χ4v) is 4.63. The van der Waals surface area contributed by atoms with Gasteiger partial charge in [-0.2, -0.15) is 26.3 Å². The van der Waals surface area contributed by atoms with Crippen molar-refractivity contribution in [3.05, 3.63) is 83.4 Å². The maximum atomic E-state index is 13.3. The van der Waals surface area contributed by atoms with Gasteiger partial charge in [0.05, 0.1) is 41.5 Å². The first-order valence-corrected chi connectivity index (χ1v) is 11.6. The van der Waals surface area contributed by atoms with E-state index < -0.39 is 40.7 Å². The van der Waals surface area contributed by atoms with E-state index >= 15 is 0 Å². The summed E-state index contributed by atoms with van der Waals surface area (Å²) in [4.78, 5) is 0. The van der Waals surface area contributed by atoms with Crippen LogP contribution in [0.1, 0.15) is 48.1 Å². The lowest BCUT2D eigenvalue weighted by atomic mass is 9.76. The molecule has 12 heteroatoms. The van der Waals surface area contributed by atoms with Gasteiger partial charge in [0.1, 0.15) is 12.7 Å². The highest BCUT2D eigenvalue weighted by molar-refractivity contribution is 5.35. The average molecular weight is 528 g/mol. The van der Waals surface area contributed by atoms with Crippen LogP contribution in [-0.4, -0.2) is 39.6 Å². The Hall–Kier alpha value is -2.96. The molecule has 1 aliphatic heterocycles. The lowest BCUT2D eigenvalue weighted by Crippen LogP contribution is -2.60. The quantitative estimate of drug-likeness (QED) is 0.420. The molecule has 2 N–H and O–H groups in total. The van der Waals surface area contributed by atoms with E-state index in [2.05, 4.69) is 15.5 Å². The number of nitrogens with one attached hydrogen (secondary N) is 1. The van der Waals surface area contributed by atoms with Crippen LogP contribution in [0.3, 0.4) is 0 Å². The number of aromatic nitrogens is 3. The molecule has 2 heterocycles. The smallest absolute Gasteiger partial charge is 0.394 e. The third kappa shape index (κ3) is 5.65. The van der Waals surface area contributed by atoms with Gasteiger partial charge in [-0.3, -0.25) is 0 Å². The maximum Gasteiger partial charge on any atom is 0.416 e. The first-order chi connectivity index (χ1) is 17.4. The maximum absolute atomic E-state index is 13.3. The largest absolute Gasteiger partial charge is 0.416 e. The topological polar surface area (TPSA) is 72.2 Å². The first-order valence-electron chi connectivity index (χ1n) is 11.6. The molecule has 0 radical (unpaired) electrons. The van der Waals surface area contributed by atoms with E-state index in [1.165, 1.54) is 19.6 Å². The highest BCUT2D eigenvalue weighted by Gasteiger charge is 2.45. The summed E-state index contributed by atoms with van der Waals surface area (Å²) in [6, 6.07) is 10.7. The summed E-state index contributed by atoms with van der Waals surface area (Å²) in [7, 11) is 0. The Morgan fingerprint density at radius 3 is 2.05 bits per heavy atom. The molecule has 1 aliphatic rings. The average Bonchev–Trinajstić information content (AvgIpc) is 3.43. The second-order valence-electron chi connectivity index (χ2n) is 9.35. The van der Waals surface area contributed by atoms with E-state index in [0.29, 0.717) is 31.5 Å². The Balaban J connectivity index is 1.60. The summed E-state index contributed by atoms with van der Waals surface area (Å²) < 4.78 is 87.7. The molecule has 37 heavy (non-hydrogen) atoms. The minimum absolute atomic E-state index is 0.0283. The lowest BCUT2D eigenvalue weighted by molar-refractivity contribution is -0.143. The summed E-state index contributed by atoms with van der Waals surface area (Å²) in [6.07, 6.45) is -6.98. The first kappa shape index (κ1) is 27.1. The number of hydrogen-bond donors (Lipinski definition) is 2. The van der Waals surface area contributed by atoms with Gasteiger partial charge in [0, 0.05) is 6.54 Å². The van der Waals surface area contributed by atoms with Crippen molar-refractivity contribution in [2.75, 3.05) is 19.8 Å². The van der Waals surface area contributed by atoms with E-state index in [4.69, 9.17) is 4.74 Å². The van der Waals surface area contributed by atoms with Gasteiger partial charge in [0.25, 0.3) is 0 Å². The van der Waals surface area contributed by atoms with Crippen LogP contribution >= 0.6 is 0 Å². The molecule has 1 saturated heterocycles. The predicted octanol–water partition coefficient (Wildman–Crippen LogP) is 5.06. The Morgan fingerprint density at radius 1 is 0.973 bits per heavy atom. The Kier molecular flexibility index (Phi) is 7.37. The number of ether oxygens (including phenoxy) is 1. The summed E-state index contributed by atoms with van der Waals surface area (Å²) in [5, 5.41) is 21.2. The van der Waals surface area contributed by atoms with E-state index in [-0.39, 0.29) is 24.8 Å². The number of rotatable bonds is 7. The third-order valence-electron chi connectivity index (χ3n) is 7.02. The number of alkyl halides is 6. The van der Waals surface area contributed by atoms with Crippen molar-refractivity contribution in [1.82, 2.24) is 20.1 Å². The fraction of sp³-hybridized carbons (Fsp3) is 0.440. The minimum atomic E-state index is -4.94. The number of halogens is 6. The zero-order valence-corrected chi connectivity index (χ0v) is 19.9. The predicted molar refractivity (Wildman–Crippen MR) is 121 cm³/mol. The molecule has 1 fully saturated rings. The van der Waals surface area contributed by atoms with Gasteiger partial charge in [0.2, 0.25) is 0 Å². The normalized spacial score (nSPS) is 23.7. The molecule has 0 saturated carbocycles. The van der Waals surface area contributed by atoms with Crippen LogP contribution < -0.4 is 5.32 Å². The van der Waals surface area contributed by atoms with Crippen LogP contribution in [0.2, 0.25) is 0 Å². The molecule has 0 spiro atoms. The number of aliphatic hydroxyl groups excluding tert-OH is 1. The number of piperidine rings is 1. The molecule has 0 amide bonds. The molecule has 200 valence electrons. The third-order valence-corrected chi connectivity index (χ3v) is 7.02. The van der Waals surface area contributed by atoms with Crippen molar-refractivity contribution in [1.29, 1.82) is 0 Å². The van der Waals surface area contributed by atoms with Gasteiger partial charge in [-0.25, -0.2) is 0 Å². The van der Waals surface area contributed by atoms with Gasteiger partial charge in [0.15, 0.2) is 0 Å². The molecule has 0 bridgehead atoms. The van der Waals surface area contributed by atoms with E-state index in [0.717, 1.165) is 5.56 Å². The number of nitrogens with zero attached hydrogens (tertiary/aromatic N) is 3. The van der Waals surface area contributed by atoms with Gasteiger partial charge in [-0.05, 0) is 49.1 Å². The van der Waals surface area contributed by atoms with Crippen LogP contribution in [0.5, 0.6) is 0 Å². The molecule has 0 unspecified atom stereocenters. The molecule has 3 atom stereocenters. The molecule has 4 rings (SSSR count). The Bertz CT molecular complexity index is 1140. The van der Waals surface area contributed by atoms with Crippen LogP contribution in [0, 0.1) is 0 Å². The zero-order chi connectivity index (χ0) is 26.9. The standard InChI is InChI=1S/C25H26F6N4O2/c1-17(18-9-20(24(26,27)28)11-21(10-18)25(29,30)31)37-14-23(19-5-3-2-4-6-19)8-7-22(13-36,12-32-23)35-15-33-34-16-35/h2-6,9-11,15-17,32,36H,7-8,12-14H2,1H3/t17-,22+,23-/m1/s1. The van der Waals surface area contributed by atoms with Gasteiger partial charge in [-0.15, -0.1) is 10.2 Å². The van der Waals surface area contributed by atoms with Crippen LogP contribution in [0.25, 0.3) is 0 Å². The number of hydrogen-bond acceptors (Lipinski definition) is 5. The minimum Gasteiger partial charge on any atom is -0.394 e. The highest BCUT2D eigenvalue weighted by atomic mass is 19.4. The van der Waals surface area contributed by atoms with Gasteiger partial charge < -0.3 is 19.7 Å². The molecular weight excluding hydrogens is 502 g/mol.